The Morgan fingerprint density at radius 1 is 1.29 bits per heavy atom. The maximum Gasteiger partial charge on any atom is 0.128 e. The summed E-state index contributed by atoms with van der Waals surface area (Å²) in [5.74, 6) is -0.155. The predicted molar refractivity (Wildman–Crippen MR) is 73.6 cm³/mol. The van der Waals surface area contributed by atoms with Gasteiger partial charge in [0.15, 0.2) is 0 Å². The van der Waals surface area contributed by atoms with Crippen LogP contribution in [0.5, 0.6) is 0 Å². The molecule has 2 aromatic rings. The summed E-state index contributed by atoms with van der Waals surface area (Å²) in [4.78, 5) is 3.41. The summed E-state index contributed by atoms with van der Waals surface area (Å²) in [5.41, 5.74) is 0.729. The number of hydrogen-bond acceptors (Lipinski definition) is 2. The topological polar surface area (TPSA) is 3.24 Å². The van der Waals surface area contributed by atoms with Gasteiger partial charge in [-0.3, -0.25) is 4.90 Å². The summed E-state index contributed by atoms with van der Waals surface area (Å²) in [7, 11) is 2.00. The third-order valence-corrected chi connectivity index (χ3v) is 3.82. The van der Waals surface area contributed by atoms with Crippen molar-refractivity contribution in [2.75, 3.05) is 7.05 Å². The zero-order valence-corrected chi connectivity index (χ0v) is 11.9. The second kappa shape index (κ2) is 5.76. The molecule has 2 rings (SSSR count). The Labute approximate surface area is 113 Å². The molecule has 1 heterocycles. The molecule has 1 nitrogen and oxygen atoms in total. The Balaban J connectivity index is 2.00. The van der Waals surface area contributed by atoms with Crippen molar-refractivity contribution in [2.24, 2.45) is 0 Å². The van der Waals surface area contributed by atoms with Crippen molar-refractivity contribution >= 4 is 27.3 Å². The lowest BCUT2D eigenvalue weighted by molar-refractivity contribution is 0.316. The van der Waals surface area contributed by atoms with Crippen LogP contribution in [-0.2, 0) is 13.1 Å². The van der Waals surface area contributed by atoms with Gasteiger partial charge in [0.2, 0.25) is 0 Å². The zero-order chi connectivity index (χ0) is 12.3. The SMILES string of the molecule is CN(Cc1cccs1)Cc1ccc(Br)cc1F. The van der Waals surface area contributed by atoms with Gasteiger partial charge in [0.25, 0.3) is 0 Å². The summed E-state index contributed by atoms with van der Waals surface area (Å²) in [6.07, 6.45) is 0. The molecule has 4 heteroatoms. The molecule has 0 aliphatic rings. The second-order valence-corrected chi connectivity index (χ2v) is 5.94. The van der Waals surface area contributed by atoms with Crippen molar-refractivity contribution in [1.29, 1.82) is 0 Å². The molecule has 0 spiro atoms. The molecule has 0 atom stereocenters. The summed E-state index contributed by atoms with van der Waals surface area (Å²) < 4.78 is 14.4. The first-order valence-electron chi connectivity index (χ1n) is 5.30. The van der Waals surface area contributed by atoms with E-state index in [0.717, 1.165) is 16.6 Å². The zero-order valence-electron chi connectivity index (χ0n) is 9.49. The molecule has 0 fully saturated rings. The summed E-state index contributed by atoms with van der Waals surface area (Å²) in [6, 6.07) is 9.34. The molecule has 90 valence electrons. The van der Waals surface area contributed by atoms with E-state index in [-0.39, 0.29) is 5.82 Å². The summed E-state index contributed by atoms with van der Waals surface area (Å²) in [5, 5.41) is 2.06. The standard InChI is InChI=1S/C13H13BrFNS/c1-16(9-12-3-2-6-17-12)8-10-4-5-11(14)7-13(10)15/h2-7H,8-9H2,1H3. The summed E-state index contributed by atoms with van der Waals surface area (Å²) in [6.45, 7) is 1.48. The van der Waals surface area contributed by atoms with Gasteiger partial charge < -0.3 is 0 Å². The Morgan fingerprint density at radius 2 is 2.12 bits per heavy atom. The van der Waals surface area contributed by atoms with E-state index in [1.54, 1.807) is 11.3 Å². The van der Waals surface area contributed by atoms with Crippen LogP contribution in [-0.4, -0.2) is 11.9 Å². The third kappa shape index (κ3) is 3.63. The van der Waals surface area contributed by atoms with Crippen LogP contribution < -0.4 is 0 Å². The maximum absolute atomic E-state index is 13.6. The number of rotatable bonds is 4. The number of halogens is 2. The molecule has 0 saturated heterocycles. The van der Waals surface area contributed by atoms with Gasteiger partial charge in [-0.25, -0.2) is 4.39 Å². The minimum atomic E-state index is -0.155. The highest BCUT2D eigenvalue weighted by Crippen LogP contribution is 2.18. The van der Waals surface area contributed by atoms with Crippen molar-refractivity contribution in [3.05, 3.63) is 56.4 Å². The first kappa shape index (κ1) is 12.7. The van der Waals surface area contributed by atoms with Gasteiger partial charge in [-0.2, -0.15) is 0 Å². The first-order chi connectivity index (χ1) is 8.15. The van der Waals surface area contributed by atoms with Crippen molar-refractivity contribution < 1.29 is 4.39 Å². The molecule has 0 radical (unpaired) electrons. The Bertz CT molecular complexity index is 484. The van der Waals surface area contributed by atoms with Crippen LogP contribution in [0.15, 0.2) is 40.2 Å². The molecule has 0 bridgehead atoms. The highest BCUT2D eigenvalue weighted by molar-refractivity contribution is 9.10. The molecular formula is C13H13BrFNS. The quantitative estimate of drug-likeness (QED) is 0.814. The van der Waals surface area contributed by atoms with Crippen molar-refractivity contribution in [3.8, 4) is 0 Å². The average Bonchev–Trinajstić information content (AvgIpc) is 2.75. The van der Waals surface area contributed by atoms with Gasteiger partial charge in [0.1, 0.15) is 5.82 Å². The maximum atomic E-state index is 13.6. The van der Waals surface area contributed by atoms with Crippen LogP contribution in [0.3, 0.4) is 0 Å². The number of hydrogen-bond donors (Lipinski definition) is 0. The number of nitrogens with zero attached hydrogens (tertiary/aromatic N) is 1. The smallest absolute Gasteiger partial charge is 0.128 e. The fourth-order valence-electron chi connectivity index (χ4n) is 1.67. The van der Waals surface area contributed by atoms with Crippen LogP contribution in [0.25, 0.3) is 0 Å². The van der Waals surface area contributed by atoms with E-state index in [1.165, 1.54) is 10.9 Å². The van der Waals surface area contributed by atoms with Gasteiger partial charge in [0, 0.05) is 28.0 Å². The Hall–Kier alpha value is -0.710. The number of benzene rings is 1. The van der Waals surface area contributed by atoms with Gasteiger partial charge in [-0.1, -0.05) is 28.1 Å². The van der Waals surface area contributed by atoms with Crippen molar-refractivity contribution in [3.63, 3.8) is 0 Å². The largest absolute Gasteiger partial charge is 0.297 e. The van der Waals surface area contributed by atoms with Crippen LogP contribution in [0.4, 0.5) is 4.39 Å². The number of thiophene rings is 1. The highest BCUT2D eigenvalue weighted by Gasteiger charge is 2.07. The highest BCUT2D eigenvalue weighted by atomic mass is 79.9. The van der Waals surface area contributed by atoms with E-state index < -0.39 is 0 Å². The van der Waals surface area contributed by atoms with Crippen LogP contribution in [0, 0.1) is 5.82 Å². The minimum Gasteiger partial charge on any atom is -0.297 e. The molecule has 0 saturated carbocycles. The van der Waals surface area contributed by atoms with Crippen LogP contribution >= 0.6 is 27.3 Å². The molecule has 1 aromatic heterocycles. The van der Waals surface area contributed by atoms with E-state index in [0.29, 0.717) is 6.54 Å². The molecule has 17 heavy (non-hydrogen) atoms. The molecule has 0 N–H and O–H groups in total. The van der Waals surface area contributed by atoms with Crippen molar-refractivity contribution in [2.45, 2.75) is 13.1 Å². The lowest BCUT2D eigenvalue weighted by Crippen LogP contribution is -2.17. The second-order valence-electron chi connectivity index (χ2n) is 3.99. The van der Waals surface area contributed by atoms with Gasteiger partial charge >= 0.3 is 0 Å². The Morgan fingerprint density at radius 3 is 2.76 bits per heavy atom. The van der Waals surface area contributed by atoms with E-state index in [1.807, 2.05) is 25.2 Å². The molecule has 0 unspecified atom stereocenters. The monoisotopic (exact) mass is 313 g/mol. The van der Waals surface area contributed by atoms with Gasteiger partial charge in [-0.15, -0.1) is 11.3 Å². The van der Waals surface area contributed by atoms with E-state index in [9.17, 15) is 4.39 Å². The average molecular weight is 314 g/mol. The lowest BCUT2D eigenvalue weighted by Gasteiger charge is -2.16. The molecule has 0 aliphatic heterocycles. The summed E-state index contributed by atoms with van der Waals surface area (Å²) >= 11 is 4.98. The fraction of sp³-hybridized carbons (Fsp3) is 0.231. The van der Waals surface area contributed by atoms with Gasteiger partial charge in [0.05, 0.1) is 0 Å². The lowest BCUT2D eigenvalue weighted by atomic mass is 10.2. The molecule has 0 aliphatic carbocycles. The van der Waals surface area contributed by atoms with Gasteiger partial charge in [-0.05, 0) is 30.6 Å². The molecule has 1 aromatic carbocycles. The normalized spacial score (nSPS) is 11.1. The predicted octanol–water partition coefficient (Wildman–Crippen LogP) is 4.28. The Kier molecular flexibility index (Phi) is 4.31. The molecular weight excluding hydrogens is 301 g/mol. The van der Waals surface area contributed by atoms with Crippen LogP contribution in [0.2, 0.25) is 0 Å². The molecule has 0 amide bonds. The third-order valence-electron chi connectivity index (χ3n) is 2.46. The van der Waals surface area contributed by atoms with E-state index in [2.05, 4.69) is 32.3 Å². The van der Waals surface area contributed by atoms with E-state index in [4.69, 9.17) is 0 Å². The van der Waals surface area contributed by atoms with Crippen LogP contribution in [0.1, 0.15) is 10.4 Å². The first-order valence-corrected chi connectivity index (χ1v) is 6.97. The van der Waals surface area contributed by atoms with Crippen molar-refractivity contribution in [1.82, 2.24) is 4.90 Å². The minimum absolute atomic E-state index is 0.155. The van der Waals surface area contributed by atoms with E-state index >= 15 is 0 Å². The fourth-order valence-corrected chi connectivity index (χ4v) is 2.78.